The van der Waals surface area contributed by atoms with Gasteiger partial charge in [-0.1, -0.05) is 30.3 Å². The van der Waals surface area contributed by atoms with Gasteiger partial charge in [-0.25, -0.2) is 0 Å². The van der Waals surface area contributed by atoms with Crippen molar-refractivity contribution in [2.45, 2.75) is 47.5 Å². The highest BCUT2D eigenvalue weighted by Crippen LogP contribution is 2.30. The molecule has 0 spiro atoms. The van der Waals surface area contributed by atoms with Crippen LogP contribution in [0.2, 0.25) is 0 Å². The standard InChI is InChI=1S/C12H17NO2.C6H14O2.C3H6O/c14-9-12(10-15)7-13(8-12)6-11-4-2-1-3-5-11;1-4-7-6(3)8-5-2;1-3(2)4/h1-5,14-15H,6-10H2;6H,4-5H2,1-3H3;1-2H3. The van der Waals surface area contributed by atoms with Crippen molar-refractivity contribution in [3.63, 3.8) is 0 Å². The molecule has 2 rings (SSSR count). The maximum Gasteiger partial charge on any atom is 0.154 e. The molecular weight excluding hydrogens is 346 g/mol. The molecule has 1 aromatic carbocycles. The fraction of sp³-hybridized carbons (Fsp3) is 0.667. The van der Waals surface area contributed by atoms with Crippen LogP contribution < -0.4 is 0 Å². The van der Waals surface area contributed by atoms with Gasteiger partial charge in [-0.05, 0) is 40.2 Å². The molecule has 0 amide bonds. The van der Waals surface area contributed by atoms with Crippen LogP contribution in [0.4, 0.5) is 0 Å². The molecule has 27 heavy (non-hydrogen) atoms. The molecule has 0 saturated carbocycles. The zero-order chi connectivity index (χ0) is 20.7. The summed E-state index contributed by atoms with van der Waals surface area (Å²) in [6.07, 6.45) is -0.0370. The number of likely N-dealkylation sites (tertiary alicyclic amines) is 1. The summed E-state index contributed by atoms with van der Waals surface area (Å²) in [6, 6.07) is 10.3. The van der Waals surface area contributed by atoms with Crippen molar-refractivity contribution in [2.75, 3.05) is 39.5 Å². The number of ketones is 1. The smallest absolute Gasteiger partial charge is 0.154 e. The third-order valence-corrected chi connectivity index (χ3v) is 3.84. The molecule has 6 nitrogen and oxygen atoms in total. The fourth-order valence-electron chi connectivity index (χ4n) is 2.62. The van der Waals surface area contributed by atoms with Crippen LogP contribution in [-0.4, -0.2) is 66.7 Å². The summed E-state index contributed by atoms with van der Waals surface area (Å²) in [5, 5.41) is 18.3. The summed E-state index contributed by atoms with van der Waals surface area (Å²) in [6.45, 7) is 12.9. The number of carbonyl (C=O) groups is 1. The molecule has 2 N–H and O–H groups in total. The van der Waals surface area contributed by atoms with E-state index in [1.165, 1.54) is 19.4 Å². The first kappa shape index (κ1) is 25.7. The van der Waals surface area contributed by atoms with E-state index in [0.29, 0.717) is 0 Å². The van der Waals surface area contributed by atoms with Gasteiger partial charge < -0.3 is 24.5 Å². The predicted molar refractivity (Wildman–Crippen MR) is 107 cm³/mol. The van der Waals surface area contributed by atoms with Gasteiger partial charge in [0.05, 0.1) is 13.2 Å². The number of Topliss-reactive ketones (excluding diaryl/α,β-unsaturated/α-hetero) is 1. The molecule has 1 fully saturated rings. The number of benzene rings is 1. The van der Waals surface area contributed by atoms with E-state index in [-0.39, 0.29) is 30.7 Å². The first-order valence-corrected chi connectivity index (χ1v) is 9.50. The molecule has 0 unspecified atom stereocenters. The molecule has 6 heteroatoms. The van der Waals surface area contributed by atoms with Gasteiger partial charge in [0.15, 0.2) is 6.29 Å². The van der Waals surface area contributed by atoms with Gasteiger partial charge in [0.2, 0.25) is 0 Å². The second kappa shape index (κ2) is 14.7. The quantitative estimate of drug-likeness (QED) is 0.672. The third-order valence-electron chi connectivity index (χ3n) is 3.84. The molecule has 0 aromatic heterocycles. The van der Waals surface area contributed by atoms with Crippen LogP contribution in [0, 0.1) is 5.41 Å². The molecule has 1 aromatic rings. The van der Waals surface area contributed by atoms with Crippen molar-refractivity contribution >= 4 is 5.78 Å². The Morgan fingerprint density at radius 3 is 1.89 bits per heavy atom. The maximum atomic E-state index is 9.44. The number of ether oxygens (including phenoxy) is 2. The largest absolute Gasteiger partial charge is 0.396 e. The van der Waals surface area contributed by atoms with E-state index in [1.54, 1.807) is 0 Å². The number of aliphatic hydroxyl groups excluding tert-OH is 2. The minimum atomic E-state index is -0.255. The summed E-state index contributed by atoms with van der Waals surface area (Å²) in [4.78, 5) is 11.7. The third kappa shape index (κ3) is 11.9. The molecule has 1 aliphatic heterocycles. The Morgan fingerprint density at radius 1 is 1.07 bits per heavy atom. The van der Waals surface area contributed by atoms with Crippen LogP contribution in [0.25, 0.3) is 0 Å². The van der Waals surface area contributed by atoms with Gasteiger partial charge in [-0.3, -0.25) is 4.90 Å². The first-order chi connectivity index (χ1) is 12.8. The van der Waals surface area contributed by atoms with E-state index >= 15 is 0 Å². The lowest BCUT2D eigenvalue weighted by Crippen LogP contribution is -2.59. The lowest BCUT2D eigenvalue weighted by Gasteiger charge is -2.48. The van der Waals surface area contributed by atoms with Gasteiger partial charge in [-0.15, -0.1) is 0 Å². The van der Waals surface area contributed by atoms with E-state index in [1.807, 2.05) is 39.0 Å². The van der Waals surface area contributed by atoms with Crippen molar-refractivity contribution in [2.24, 2.45) is 5.41 Å². The number of hydrogen-bond acceptors (Lipinski definition) is 6. The van der Waals surface area contributed by atoms with E-state index in [2.05, 4.69) is 17.0 Å². The molecule has 0 aliphatic carbocycles. The van der Waals surface area contributed by atoms with Crippen molar-refractivity contribution < 1.29 is 24.5 Å². The normalized spacial score (nSPS) is 15.1. The lowest BCUT2D eigenvalue weighted by molar-refractivity contribution is -0.123. The monoisotopic (exact) mass is 383 g/mol. The van der Waals surface area contributed by atoms with Crippen LogP contribution >= 0.6 is 0 Å². The average molecular weight is 384 g/mol. The SMILES string of the molecule is CC(C)=O.CCOC(C)OCC.OCC1(CO)CN(Cc2ccccc2)C1. The lowest BCUT2D eigenvalue weighted by atomic mass is 9.81. The number of nitrogens with zero attached hydrogens (tertiary/aromatic N) is 1. The van der Waals surface area contributed by atoms with Crippen LogP contribution in [0.1, 0.15) is 40.2 Å². The highest BCUT2D eigenvalue weighted by atomic mass is 16.7. The van der Waals surface area contributed by atoms with Crippen LogP contribution in [0.3, 0.4) is 0 Å². The summed E-state index contributed by atoms with van der Waals surface area (Å²) in [5.41, 5.74) is 1.02. The maximum absolute atomic E-state index is 9.44. The highest BCUT2D eigenvalue weighted by molar-refractivity contribution is 5.72. The number of hydrogen-bond donors (Lipinski definition) is 2. The summed E-state index contributed by atoms with van der Waals surface area (Å²) in [5.74, 6) is 0.167. The van der Waals surface area contributed by atoms with Gasteiger partial charge in [-0.2, -0.15) is 0 Å². The molecule has 156 valence electrons. The van der Waals surface area contributed by atoms with Gasteiger partial charge in [0, 0.05) is 38.3 Å². The minimum Gasteiger partial charge on any atom is -0.396 e. The van der Waals surface area contributed by atoms with E-state index in [9.17, 15) is 4.79 Å². The summed E-state index contributed by atoms with van der Waals surface area (Å²) >= 11 is 0. The number of aliphatic hydroxyl groups is 2. The fourth-order valence-corrected chi connectivity index (χ4v) is 2.62. The number of rotatable bonds is 8. The Balaban J connectivity index is 0.000000476. The number of carbonyl (C=O) groups excluding carboxylic acids is 1. The average Bonchev–Trinajstić information content (AvgIpc) is 2.59. The summed E-state index contributed by atoms with van der Waals surface area (Å²) < 4.78 is 10.1. The molecule has 1 saturated heterocycles. The van der Waals surface area contributed by atoms with Crippen molar-refractivity contribution in [3.8, 4) is 0 Å². The minimum absolute atomic E-state index is 0.0370. The van der Waals surface area contributed by atoms with E-state index < -0.39 is 0 Å². The Kier molecular flexibility index (Phi) is 14.0. The second-order valence-corrected chi connectivity index (χ2v) is 6.83. The summed E-state index contributed by atoms with van der Waals surface area (Å²) in [7, 11) is 0. The second-order valence-electron chi connectivity index (χ2n) is 6.83. The Hall–Kier alpha value is -1.31. The van der Waals surface area contributed by atoms with E-state index in [4.69, 9.17) is 19.7 Å². The molecule has 1 aliphatic rings. The Morgan fingerprint density at radius 2 is 1.52 bits per heavy atom. The van der Waals surface area contributed by atoms with Gasteiger partial charge in [0.25, 0.3) is 0 Å². The van der Waals surface area contributed by atoms with Crippen molar-refractivity contribution in [3.05, 3.63) is 35.9 Å². The van der Waals surface area contributed by atoms with Crippen LogP contribution in [0.5, 0.6) is 0 Å². The van der Waals surface area contributed by atoms with Crippen LogP contribution in [0.15, 0.2) is 30.3 Å². The molecule has 0 bridgehead atoms. The predicted octanol–water partition coefficient (Wildman–Crippen LogP) is 2.47. The van der Waals surface area contributed by atoms with E-state index in [0.717, 1.165) is 32.8 Å². The topological polar surface area (TPSA) is 79.2 Å². The van der Waals surface area contributed by atoms with Crippen molar-refractivity contribution in [1.29, 1.82) is 0 Å². The Bertz CT molecular complexity index is 473. The molecule has 0 radical (unpaired) electrons. The first-order valence-electron chi connectivity index (χ1n) is 9.50. The highest BCUT2D eigenvalue weighted by Gasteiger charge is 2.41. The van der Waals surface area contributed by atoms with Crippen molar-refractivity contribution in [1.82, 2.24) is 4.90 Å². The molecule has 1 heterocycles. The Labute approximate surface area is 164 Å². The van der Waals surface area contributed by atoms with Gasteiger partial charge >= 0.3 is 0 Å². The molecule has 0 atom stereocenters. The zero-order valence-corrected chi connectivity index (χ0v) is 17.5. The van der Waals surface area contributed by atoms with Crippen LogP contribution in [-0.2, 0) is 20.8 Å². The van der Waals surface area contributed by atoms with Gasteiger partial charge in [0.1, 0.15) is 5.78 Å². The molecular formula is C21H37NO5. The zero-order valence-electron chi connectivity index (χ0n) is 17.5.